The monoisotopic (exact) mass is 737 g/mol. The molecule has 2 aliphatic rings. The van der Waals surface area contributed by atoms with Crippen LogP contribution in [0.1, 0.15) is 65.7 Å². The van der Waals surface area contributed by atoms with E-state index in [9.17, 15) is 9.59 Å². The summed E-state index contributed by atoms with van der Waals surface area (Å²) in [7, 11) is 0. The molecule has 7 heteroatoms. The Bertz CT molecular complexity index is 2220. The molecule has 0 saturated heterocycles. The predicted octanol–water partition coefficient (Wildman–Crippen LogP) is 9.16. The van der Waals surface area contributed by atoms with Crippen LogP contribution in [-0.4, -0.2) is 24.0 Å². The number of aliphatic imine (C=N–C) groups is 2. The Morgan fingerprint density at radius 3 is 1.13 bits per heavy atom. The van der Waals surface area contributed by atoms with Gasteiger partial charge in [0.2, 0.25) is 0 Å². The quantitative estimate of drug-likeness (QED) is 0.115. The predicted molar refractivity (Wildman–Crippen MR) is 209 cm³/mol. The van der Waals surface area contributed by atoms with E-state index in [-0.39, 0.29) is 28.6 Å². The number of allylic oxidation sites excluding steroid dienone is 4. The molecule has 2 aromatic heterocycles. The van der Waals surface area contributed by atoms with Crippen molar-refractivity contribution in [1.82, 2.24) is 9.97 Å². The SMILES string of the molecule is Cc1ccc(C(=O)c2ccc(/C(=C3/C=CC=N3)c3ccccc3)[n-]2)cc1.Cc1ccc(C(=O)c2ccc(C(=C3C=CC=N3)c3ccccc3)[n-]2)cc1.[Cu+2]. The van der Waals surface area contributed by atoms with Gasteiger partial charge < -0.3 is 9.97 Å². The fraction of sp³-hybridized carbons (Fsp3) is 0.0435. The van der Waals surface area contributed by atoms with Gasteiger partial charge in [-0.15, -0.1) is 11.4 Å². The van der Waals surface area contributed by atoms with E-state index in [1.54, 1.807) is 24.6 Å². The second-order valence-corrected chi connectivity index (χ2v) is 12.3. The van der Waals surface area contributed by atoms with Gasteiger partial charge in [-0.25, -0.2) is 0 Å². The maximum Gasteiger partial charge on any atom is 2.00 e. The second kappa shape index (κ2) is 16.7. The Balaban J connectivity index is 0.000000178. The summed E-state index contributed by atoms with van der Waals surface area (Å²) in [4.78, 5) is 43.5. The number of carbonyl (C=O) groups excluding carboxylic acids is 2. The third-order valence-corrected chi connectivity index (χ3v) is 8.63. The number of hydrogen-bond donors (Lipinski definition) is 0. The van der Waals surface area contributed by atoms with E-state index in [0.29, 0.717) is 22.5 Å². The summed E-state index contributed by atoms with van der Waals surface area (Å²) in [5, 5.41) is 0. The van der Waals surface area contributed by atoms with Gasteiger partial charge in [0, 0.05) is 23.6 Å². The first-order chi connectivity index (χ1) is 25.4. The van der Waals surface area contributed by atoms with Crippen LogP contribution in [0.2, 0.25) is 0 Å². The maximum absolute atomic E-state index is 12.7. The summed E-state index contributed by atoms with van der Waals surface area (Å²) in [6.45, 7) is 4.00. The van der Waals surface area contributed by atoms with Gasteiger partial charge in [-0.2, -0.15) is 0 Å². The minimum atomic E-state index is -0.0703. The first-order valence-corrected chi connectivity index (χ1v) is 17.0. The molecule has 4 heterocycles. The normalized spacial score (nSPS) is 14.4. The van der Waals surface area contributed by atoms with Gasteiger partial charge in [0.1, 0.15) is 0 Å². The Morgan fingerprint density at radius 2 is 0.792 bits per heavy atom. The van der Waals surface area contributed by atoms with Gasteiger partial charge in [0.25, 0.3) is 0 Å². The fourth-order valence-corrected chi connectivity index (χ4v) is 5.92. The molecule has 8 rings (SSSR count). The number of aromatic nitrogens is 2. The van der Waals surface area contributed by atoms with Gasteiger partial charge in [0.05, 0.1) is 11.4 Å². The number of hydrogen-bond acceptors (Lipinski definition) is 4. The van der Waals surface area contributed by atoms with Crippen molar-refractivity contribution in [3.8, 4) is 0 Å². The van der Waals surface area contributed by atoms with Crippen LogP contribution in [0.15, 0.2) is 179 Å². The minimum Gasteiger partial charge on any atom is -0.654 e. The summed E-state index contributed by atoms with van der Waals surface area (Å²) in [5.74, 6) is -0.141. The molecule has 2 aliphatic heterocycles. The Morgan fingerprint density at radius 1 is 0.434 bits per heavy atom. The molecule has 0 unspecified atom stereocenters. The standard InChI is InChI=1S/2C23H18N2O.Cu/c2*1-16-9-11-18(12-10-16)23(26)21-14-13-20(25-21)22(19-8-5-15-24-19)17-6-3-2-4-7-17;/h2*2-15H,1H3,(H,24,25,26);/q;;+2/p-2. The smallest absolute Gasteiger partial charge is 0.654 e. The third-order valence-electron chi connectivity index (χ3n) is 8.63. The van der Waals surface area contributed by atoms with Gasteiger partial charge in [-0.3, -0.25) is 19.6 Å². The largest absolute Gasteiger partial charge is 2.00 e. The molecule has 6 aromatic rings. The molecule has 0 spiro atoms. The van der Waals surface area contributed by atoms with Crippen molar-refractivity contribution in [2.24, 2.45) is 9.98 Å². The second-order valence-electron chi connectivity index (χ2n) is 12.3. The molecule has 0 N–H and O–H groups in total. The van der Waals surface area contributed by atoms with Crippen LogP contribution in [0.5, 0.6) is 0 Å². The Labute approximate surface area is 319 Å². The molecule has 1 radical (unpaired) electrons. The van der Waals surface area contributed by atoms with Crippen molar-refractivity contribution >= 4 is 35.1 Å². The van der Waals surface area contributed by atoms with Crippen LogP contribution in [0.4, 0.5) is 0 Å². The molecule has 0 fully saturated rings. The van der Waals surface area contributed by atoms with Crippen molar-refractivity contribution in [2.45, 2.75) is 13.8 Å². The molecule has 0 bridgehead atoms. The summed E-state index contributed by atoms with van der Waals surface area (Å²) < 4.78 is 0. The summed E-state index contributed by atoms with van der Waals surface area (Å²) in [6.07, 6.45) is 11.2. The molecule has 4 aromatic carbocycles. The minimum absolute atomic E-state index is 0. The van der Waals surface area contributed by atoms with Crippen molar-refractivity contribution < 1.29 is 26.7 Å². The van der Waals surface area contributed by atoms with Gasteiger partial charge >= 0.3 is 17.1 Å². The van der Waals surface area contributed by atoms with Crippen molar-refractivity contribution in [3.63, 3.8) is 0 Å². The Hall–Kier alpha value is -6.40. The molecule has 6 nitrogen and oxygen atoms in total. The van der Waals surface area contributed by atoms with Gasteiger partial charge in [0.15, 0.2) is 11.6 Å². The van der Waals surface area contributed by atoms with Crippen molar-refractivity contribution in [1.29, 1.82) is 0 Å². The van der Waals surface area contributed by atoms with E-state index in [2.05, 4.69) is 20.0 Å². The van der Waals surface area contributed by atoms with Gasteiger partial charge in [-0.1, -0.05) is 156 Å². The van der Waals surface area contributed by atoms with E-state index >= 15 is 0 Å². The van der Waals surface area contributed by atoms with Crippen LogP contribution in [0.3, 0.4) is 0 Å². The number of benzene rings is 4. The zero-order chi connectivity index (χ0) is 35.9. The van der Waals surface area contributed by atoms with E-state index in [1.165, 1.54) is 0 Å². The molecule has 0 aliphatic carbocycles. The first-order valence-electron chi connectivity index (χ1n) is 17.0. The summed E-state index contributed by atoms with van der Waals surface area (Å²) >= 11 is 0. The number of ketones is 2. The van der Waals surface area contributed by atoms with Crippen molar-refractivity contribution in [2.75, 3.05) is 0 Å². The first kappa shape index (κ1) is 36.4. The van der Waals surface area contributed by atoms with Crippen LogP contribution in [-0.2, 0) is 17.1 Å². The van der Waals surface area contributed by atoms with E-state index in [0.717, 1.165) is 56.2 Å². The molecule has 0 atom stereocenters. The molecule has 0 saturated carbocycles. The molecular weight excluding hydrogens is 704 g/mol. The van der Waals surface area contributed by atoms with E-state index in [4.69, 9.17) is 0 Å². The zero-order valence-electron chi connectivity index (χ0n) is 29.1. The van der Waals surface area contributed by atoms with Crippen LogP contribution < -0.4 is 9.97 Å². The topological polar surface area (TPSA) is 87.1 Å². The van der Waals surface area contributed by atoms with Gasteiger partial charge in [-0.05, 0) is 60.4 Å². The number of nitrogens with zero attached hydrogens (tertiary/aromatic N) is 4. The van der Waals surface area contributed by atoms with Crippen molar-refractivity contribution in [3.05, 3.63) is 225 Å². The fourth-order valence-electron chi connectivity index (χ4n) is 5.92. The zero-order valence-corrected chi connectivity index (χ0v) is 30.0. The number of aryl methyl sites for hydroxylation is 2. The van der Waals surface area contributed by atoms with Crippen LogP contribution >= 0.6 is 0 Å². The summed E-state index contributed by atoms with van der Waals surface area (Å²) in [6, 6.07) is 42.5. The maximum atomic E-state index is 12.7. The van der Waals surface area contributed by atoms with Crippen LogP contribution in [0, 0.1) is 13.8 Å². The average molecular weight is 738 g/mol. The summed E-state index contributed by atoms with van der Waals surface area (Å²) in [5.41, 5.74) is 11.6. The average Bonchev–Trinajstić information content (AvgIpc) is 4.03. The number of carbonyl (C=O) groups is 2. The number of rotatable bonds is 8. The van der Waals surface area contributed by atoms with Crippen LogP contribution in [0.25, 0.3) is 11.1 Å². The Kier molecular flexibility index (Phi) is 11.5. The van der Waals surface area contributed by atoms with E-state index < -0.39 is 0 Å². The molecular formula is C46H34CuN4O2. The third kappa shape index (κ3) is 8.40. The molecule has 261 valence electrons. The van der Waals surface area contributed by atoms with E-state index in [1.807, 2.05) is 159 Å². The molecule has 53 heavy (non-hydrogen) atoms. The molecule has 0 amide bonds.